The van der Waals surface area contributed by atoms with E-state index in [1.165, 1.54) is 0 Å². The van der Waals surface area contributed by atoms with E-state index in [-0.39, 0.29) is 6.04 Å². The fourth-order valence-electron chi connectivity index (χ4n) is 2.34. The van der Waals surface area contributed by atoms with Crippen molar-refractivity contribution in [2.45, 2.75) is 33.2 Å². The van der Waals surface area contributed by atoms with Crippen molar-refractivity contribution in [2.75, 3.05) is 11.5 Å². The van der Waals surface area contributed by atoms with Crippen LogP contribution in [0.25, 0.3) is 11.4 Å². The molecule has 1 aromatic heterocycles. The SMILES string of the molecule is CCC(C(C)C)n1nnnc1-c1cc(N)cc(N)c1. The zero-order valence-corrected chi connectivity index (χ0v) is 11.5. The molecule has 0 spiro atoms. The molecule has 6 heteroatoms. The minimum Gasteiger partial charge on any atom is -0.399 e. The lowest BCUT2D eigenvalue weighted by molar-refractivity contribution is 0.333. The molecule has 102 valence electrons. The maximum Gasteiger partial charge on any atom is 0.182 e. The van der Waals surface area contributed by atoms with Gasteiger partial charge in [-0.25, -0.2) is 4.68 Å². The lowest BCUT2D eigenvalue weighted by atomic mass is 10.0. The van der Waals surface area contributed by atoms with Crippen LogP contribution in [0.2, 0.25) is 0 Å². The molecule has 19 heavy (non-hydrogen) atoms. The molecule has 6 nitrogen and oxygen atoms in total. The molecule has 1 aromatic carbocycles. The Hall–Kier alpha value is -2.11. The fraction of sp³-hybridized carbons (Fsp3) is 0.462. The number of nitrogen functional groups attached to an aromatic ring is 2. The molecule has 0 aliphatic heterocycles. The van der Waals surface area contributed by atoms with Crippen LogP contribution < -0.4 is 11.5 Å². The molecule has 1 heterocycles. The molecule has 4 N–H and O–H groups in total. The Labute approximate surface area is 112 Å². The molecular weight excluding hydrogens is 240 g/mol. The first-order chi connectivity index (χ1) is 9.02. The van der Waals surface area contributed by atoms with Gasteiger partial charge in [0.25, 0.3) is 0 Å². The van der Waals surface area contributed by atoms with Gasteiger partial charge in [-0.05, 0) is 41.0 Å². The van der Waals surface area contributed by atoms with Crippen molar-refractivity contribution in [3.05, 3.63) is 18.2 Å². The zero-order valence-electron chi connectivity index (χ0n) is 11.5. The van der Waals surface area contributed by atoms with Crippen molar-refractivity contribution in [3.8, 4) is 11.4 Å². The van der Waals surface area contributed by atoms with E-state index >= 15 is 0 Å². The monoisotopic (exact) mass is 260 g/mol. The third kappa shape index (κ3) is 2.67. The average Bonchev–Trinajstić information content (AvgIpc) is 2.77. The molecule has 1 unspecified atom stereocenters. The van der Waals surface area contributed by atoms with E-state index in [9.17, 15) is 0 Å². The lowest BCUT2D eigenvalue weighted by Gasteiger charge is -2.20. The van der Waals surface area contributed by atoms with Crippen LogP contribution in [0.3, 0.4) is 0 Å². The van der Waals surface area contributed by atoms with Crippen LogP contribution in [0.1, 0.15) is 33.2 Å². The molecule has 0 aliphatic rings. The van der Waals surface area contributed by atoms with E-state index in [0.717, 1.165) is 12.0 Å². The number of rotatable bonds is 4. The summed E-state index contributed by atoms with van der Waals surface area (Å²) < 4.78 is 1.86. The van der Waals surface area contributed by atoms with Crippen molar-refractivity contribution in [2.24, 2.45) is 5.92 Å². The van der Waals surface area contributed by atoms with E-state index in [2.05, 4.69) is 36.3 Å². The first-order valence-corrected chi connectivity index (χ1v) is 6.47. The molecule has 0 amide bonds. The van der Waals surface area contributed by atoms with Crippen LogP contribution in [0.4, 0.5) is 11.4 Å². The Morgan fingerprint density at radius 3 is 2.32 bits per heavy atom. The molecule has 0 saturated heterocycles. The molecule has 2 aromatic rings. The summed E-state index contributed by atoms with van der Waals surface area (Å²) in [6, 6.07) is 5.65. The van der Waals surface area contributed by atoms with Crippen molar-refractivity contribution in [1.82, 2.24) is 20.2 Å². The van der Waals surface area contributed by atoms with Gasteiger partial charge in [-0.1, -0.05) is 20.8 Å². The summed E-state index contributed by atoms with van der Waals surface area (Å²) in [5, 5.41) is 12.0. The van der Waals surface area contributed by atoms with Crippen molar-refractivity contribution >= 4 is 11.4 Å². The molecule has 2 rings (SSSR count). The Bertz CT molecular complexity index is 540. The summed E-state index contributed by atoms with van der Waals surface area (Å²) in [6.45, 7) is 6.45. The maximum absolute atomic E-state index is 5.83. The number of hydrogen-bond acceptors (Lipinski definition) is 5. The number of nitrogens with zero attached hydrogens (tertiary/aromatic N) is 4. The molecule has 0 radical (unpaired) electrons. The van der Waals surface area contributed by atoms with E-state index < -0.39 is 0 Å². The predicted octanol–water partition coefficient (Wildman–Crippen LogP) is 2.11. The summed E-state index contributed by atoms with van der Waals surface area (Å²) in [5.74, 6) is 1.16. The smallest absolute Gasteiger partial charge is 0.182 e. The quantitative estimate of drug-likeness (QED) is 0.821. The number of hydrogen-bond donors (Lipinski definition) is 2. The van der Waals surface area contributed by atoms with Gasteiger partial charge in [-0.15, -0.1) is 5.10 Å². The molecule has 1 atom stereocenters. The van der Waals surface area contributed by atoms with Crippen LogP contribution in [-0.4, -0.2) is 20.2 Å². The number of aromatic nitrogens is 4. The molecular formula is C13H20N6. The predicted molar refractivity (Wildman–Crippen MR) is 76.2 cm³/mol. The first-order valence-electron chi connectivity index (χ1n) is 6.47. The number of nitrogens with two attached hydrogens (primary N) is 2. The largest absolute Gasteiger partial charge is 0.399 e. The van der Waals surface area contributed by atoms with Gasteiger partial charge in [0.2, 0.25) is 0 Å². The van der Waals surface area contributed by atoms with Gasteiger partial charge < -0.3 is 11.5 Å². The Morgan fingerprint density at radius 2 is 1.79 bits per heavy atom. The molecule has 0 fully saturated rings. The standard InChI is InChI=1S/C13H20N6/c1-4-12(8(2)3)19-13(16-17-18-19)9-5-10(14)7-11(15)6-9/h5-8,12H,4,14-15H2,1-3H3. The second kappa shape index (κ2) is 5.26. The van der Waals surface area contributed by atoms with E-state index in [4.69, 9.17) is 11.5 Å². The van der Waals surface area contributed by atoms with Gasteiger partial charge in [0.1, 0.15) is 0 Å². The van der Waals surface area contributed by atoms with Crippen LogP contribution in [-0.2, 0) is 0 Å². The lowest BCUT2D eigenvalue weighted by Crippen LogP contribution is -2.17. The highest BCUT2D eigenvalue weighted by atomic mass is 15.5. The van der Waals surface area contributed by atoms with E-state index in [1.54, 1.807) is 6.07 Å². The molecule has 0 saturated carbocycles. The molecule has 0 aliphatic carbocycles. The zero-order chi connectivity index (χ0) is 14.0. The van der Waals surface area contributed by atoms with Gasteiger partial charge in [-0.2, -0.15) is 0 Å². The Morgan fingerprint density at radius 1 is 1.16 bits per heavy atom. The maximum atomic E-state index is 5.83. The molecule has 0 bridgehead atoms. The van der Waals surface area contributed by atoms with Crippen molar-refractivity contribution in [3.63, 3.8) is 0 Å². The third-order valence-corrected chi connectivity index (χ3v) is 3.23. The second-order valence-corrected chi connectivity index (χ2v) is 5.06. The summed E-state index contributed by atoms with van der Waals surface area (Å²) in [5.41, 5.74) is 13.7. The number of benzene rings is 1. The van der Waals surface area contributed by atoms with Crippen molar-refractivity contribution in [1.29, 1.82) is 0 Å². The Kier molecular flexibility index (Phi) is 3.69. The summed E-state index contributed by atoms with van der Waals surface area (Å²) >= 11 is 0. The Balaban J connectivity index is 2.49. The van der Waals surface area contributed by atoms with Gasteiger partial charge in [0.05, 0.1) is 6.04 Å². The van der Waals surface area contributed by atoms with Gasteiger partial charge >= 0.3 is 0 Å². The number of tetrazole rings is 1. The van der Waals surface area contributed by atoms with Crippen molar-refractivity contribution < 1.29 is 0 Å². The highest BCUT2D eigenvalue weighted by Gasteiger charge is 2.20. The summed E-state index contributed by atoms with van der Waals surface area (Å²) in [6.07, 6.45) is 0.966. The first kappa shape index (κ1) is 13.3. The second-order valence-electron chi connectivity index (χ2n) is 5.06. The van der Waals surface area contributed by atoms with Gasteiger partial charge in [-0.3, -0.25) is 0 Å². The summed E-state index contributed by atoms with van der Waals surface area (Å²) in [4.78, 5) is 0. The minimum atomic E-state index is 0.257. The van der Waals surface area contributed by atoms with Gasteiger partial charge in [0, 0.05) is 16.9 Å². The van der Waals surface area contributed by atoms with Gasteiger partial charge in [0.15, 0.2) is 5.82 Å². The third-order valence-electron chi connectivity index (χ3n) is 3.23. The average molecular weight is 260 g/mol. The summed E-state index contributed by atoms with van der Waals surface area (Å²) in [7, 11) is 0. The van der Waals surface area contributed by atoms with Crippen LogP contribution in [0.15, 0.2) is 18.2 Å². The van der Waals surface area contributed by atoms with Crippen LogP contribution >= 0.6 is 0 Å². The van der Waals surface area contributed by atoms with E-state index in [0.29, 0.717) is 23.1 Å². The van der Waals surface area contributed by atoms with Crippen LogP contribution in [0, 0.1) is 5.92 Å². The topological polar surface area (TPSA) is 95.6 Å². The van der Waals surface area contributed by atoms with Crippen LogP contribution in [0.5, 0.6) is 0 Å². The minimum absolute atomic E-state index is 0.257. The number of anilines is 2. The highest BCUT2D eigenvalue weighted by Crippen LogP contribution is 2.28. The van der Waals surface area contributed by atoms with E-state index in [1.807, 2.05) is 16.8 Å². The normalized spacial score (nSPS) is 12.8. The fourth-order valence-corrected chi connectivity index (χ4v) is 2.34. The highest BCUT2D eigenvalue weighted by molar-refractivity contribution is 5.67.